The molecule has 2 bridgehead atoms. The minimum Gasteiger partial charge on any atom is -0.504 e. The number of nitrogens with zero attached hydrogens (tertiary/aromatic N) is 2. The molecule has 190 valence electrons. The molecule has 2 aromatic rings. The Balaban J connectivity index is 1.28. The van der Waals surface area contributed by atoms with E-state index >= 15 is 0 Å². The zero-order valence-electron chi connectivity index (χ0n) is 20.4. The number of benzene rings is 1. The maximum atomic E-state index is 13.2. The van der Waals surface area contributed by atoms with Gasteiger partial charge in [0.25, 0.3) is 0 Å². The van der Waals surface area contributed by atoms with Gasteiger partial charge in [-0.1, -0.05) is 6.07 Å². The molecule has 7 rings (SSSR count). The van der Waals surface area contributed by atoms with Crippen LogP contribution in [0, 0.1) is 0 Å². The molecule has 1 aromatic carbocycles. The molecule has 0 radical (unpaired) electrons. The maximum Gasteiger partial charge on any atom is 0.246 e. The van der Waals surface area contributed by atoms with Gasteiger partial charge in [-0.15, -0.1) is 0 Å². The quantitative estimate of drug-likeness (QED) is 0.550. The highest BCUT2D eigenvalue weighted by Gasteiger charge is 2.73. The number of β-amino-alcohol motifs (C(OH)–C–C–N with tert-alkyl or cyclic N) is 1. The van der Waals surface area contributed by atoms with Crippen LogP contribution in [0.3, 0.4) is 0 Å². The number of aromatic hydroxyl groups is 1. The Morgan fingerprint density at radius 2 is 2.06 bits per heavy atom. The van der Waals surface area contributed by atoms with E-state index in [2.05, 4.69) is 4.90 Å². The van der Waals surface area contributed by atoms with E-state index in [1.165, 1.54) is 6.08 Å². The summed E-state index contributed by atoms with van der Waals surface area (Å²) in [5.41, 5.74) is 0.399. The van der Waals surface area contributed by atoms with Crippen LogP contribution in [-0.4, -0.2) is 80.6 Å². The van der Waals surface area contributed by atoms with E-state index in [0.717, 1.165) is 36.1 Å². The molecular formula is C28H32N2O6. The van der Waals surface area contributed by atoms with Crippen LogP contribution in [0.1, 0.15) is 48.8 Å². The molecule has 3 heterocycles. The third-order valence-electron chi connectivity index (χ3n) is 9.67. The predicted molar refractivity (Wildman–Crippen MR) is 131 cm³/mol. The minimum absolute atomic E-state index is 0.0839. The summed E-state index contributed by atoms with van der Waals surface area (Å²) >= 11 is 0. The smallest absolute Gasteiger partial charge is 0.246 e. The second-order valence-electron chi connectivity index (χ2n) is 11.5. The van der Waals surface area contributed by atoms with Crippen LogP contribution in [0.2, 0.25) is 0 Å². The van der Waals surface area contributed by atoms with E-state index < -0.39 is 22.7 Å². The largest absolute Gasteiger partial charge is 0.504 e. The summed E-state index contributed by atoms with van der Waals surface area (Å²) in [6.07, 6.45) is 9.97. The van der Waals surface area contributed by atoms with Gasteiger partial charge in [0, 0.05) is 36.8 Å². The molecule has 1 amide bonds. The molecule has 1 saturated heterocycles. The summed E-state index contributed by atoms with van der Waals surface area (Å²) in [7, 11) is 1.79. The number of carbonyl (C=O) groups excluding carboxylic acids is 1. The highest BCUT2D eigenvalue weighted by molar-refractivity contribution is 5.92. The zero-order chi connectivity index (χ0) is 24.9. The van der Waals surface area contributed by atoms with Gasteiger partial charge in [0.2, 0.25) is 5.91 Å². The Labute approximate surface area is 209 Å². The van der Waals surface area contributed by atoms with Gasteiger partial charge in [-0.05, 0) is 68.8 Å². The van der Waals surface area contributed by atoms with Crippen molar-refractivity contribution in [3.63, 3.8) is 0 Å². The van der Waals surface area contributed by atoms with Gasteiger partial charge < -0.3 is 29.4 Å². The Morgan fingerprint density at radius 1 is 1.22 bits per heavy atom. The summed E-state index contributed by atoms with van der Waals surface area (Å²) in [6.45, 7) is 1.30. The first kappa shape index (κ1) is 22.4. The lowest BCUT2D eigenvalue weighted by atomic mass is 9.48. The van der Waals surface area contributed by atoms with Crippen molar-refractivity contribution >= 4 is 12.0 Å². The molecule has 8 heteroatoms. The second-order valence-corrected chi connectivity index (χ2v) is 11.5. The average molecular weight is 493 g/mol. The number of phenolic OH excluding ortho intramolecular Hbond substituents is 1. The summed E-state index contributed by atoms with van der Waals surface area (Å²) in [5.74, 6) is 0.402. The van der Waals surface area contributed by atoms with Gasteiger partial charge in [0.15, 0.2) is 11.5 Å². The fourth-order valence-corrected chi connectivity index (χ4v) is 7.69. The number of phenols is 1. The number of amides is 1. The van der Waals surface area contributed by atoms with Gasteiger partial charge in [-0.25, -0.2) is 0 Å². The number of carbonyl (C=O) groups is 1. The standard InChI is InChI=1S/C28H32N2O6/c1-29(22(32)5-2-17-7-13-35-15-17)19-6-8-28(34)21-14-18-3-4-20(31)24-23(18)27(28,25(19)36-24)11-12-30(21)16-26(33)9-10-26/h2-5,7,13,15,19,21,25,31,33-34H,6,8-12,14,16H2,1H3/b5-2+. The fourth-order valence-electron chi connectivity index (χ4n) is 7.69. The van der Waals surface area contributed by atoms with Gasteiger partial charge in [0.1, 0.15) is 6.10 Å². The average Bonchev–Trinajstić information content (AvgIpc) is 3.22. The molecule has 3 aliphatic carbocycles. The van der Waals surface area contributed by atoms with Crippen LogP contribution in [-0.2, 0) is 16.6 Å². The number of rotatable bonds is 5. The molecule has 1 spiro atoms. The number of hydrogen-bond acceptors (Lipinski definition) is 7. The number of hydrogen-bond donors (Lipinski definition) is 3. The number of likely N-dealkylation sites (tertiary alicyclic amines) is 1. The van der Waals surface area contributed by atoms with Gasteiger partial charge in [-0.3, -0.25) is 9.69 Å². The van der Waals surface area contributed by atoms with E-state index in [9.17, 15) is 20.1 Å². The van der Waals surface area contributed by atoms with Gasteiger partial charge in [0.05, 0.1) is 35.2 Å². The molecular weight excluding hydrogens is 460 g/mol. The van der Waals surface area contributed by atoms with Crippen molar-refractivity contribution < 1.29 is 29.3 Å². The third kappa shape index (κ3) is 2.89. The number of aliphatic hydroxyl groups is 2. The first-order chi connectivity index (χ1) is 17.3. The van der Waals surface area contributed by atoms with Crippen LogP contribution >= 0.6 is 0 Å². The molecule has 1 aromatic heterocycles. The SMILES string of the molecule is CN(C(=O)/C=C/c1ccoc1)C1CCC2(O)C3Cc4ccc(O)c5c4C2(CCN3CC2(O)CC2)C1O5. The summed E-state index contributed by atoms with van der Waals surface area (Å²) < 4.78 is 11.6. The van der Waals surface area contributed by atoms with E-state index in [4.69, 9.17) is 9.15 Å². The van der Waals surface area contributed by atoms with Crippen molar-refractivity contribution in [1.82, 2.24) is 9.80 Å². The fraction of sp³-hybridized carbons (Fsp3) is 0.536. The predicted octanol–water partition coefficient (Wildman–Crippen LogP) is 2.20. The van der Waals surface area contributed by atoms with E-state index in [-0.39, 0.29) is 23.7 Å². The maximum absolute atomic E-state index is 13.2. The molecule has 2 aliphatic heterocycles. The molecule has 5 aliphatic rings. The van der Waals surface area contributed by atoms with Gasteiger partial charge in [-0.2, -0.15) is 0 Å². The Bertz CT molecular complexity index is 1250. The van der Waals surface area contributed by atoms with Crippen LogP contribution in [0.5, 0.6) is 11.5 Å². The van der Waals surface area contributed by atoms with Crippen molar-refractivity contribution in [2.75, 3.05) is 20.1 Å². The van der Waals surface area contributed by atoms with Gasteiger partial charge >= 0.3 is 0 Å². The molecule has 3 N–H and O–H groups in total. The van der Waals surface area contributed by atoms with E-state index in [1.807, 2.05) is 6.07 Å². The molecule has 3 fully saturated rings. The first-order valence-electron chi connectivity index (χ1n) is 12.9. The molecule has 2 saturated carbocycles. The van der Waals surface area contributed by atoms with Crippen molar-refractivity contribution in [2.24, 2.45) is 0 Å². The summed E-state index contributed by atoms with van der Waals surface area (Å²) in [6, 6.07) is 5.02. The molecule has 5 unspecified atom stereocenters. The lowest BCUT2D eigenvalue weighted by molar-refractivity contribution is -0.202. The monoisotopic (exact) mass is 492 g/mol. The first-order valence-corrected chi connectivity index (χ1v) is 12.9. The van der Waals surface area contributed by atoms with Crippen LogP contribution in [0.25, 0.3) is 6.08 Å². The lowest BCUT2D eigenvalue weighted by Crippen LogP contribution is -2.78. The Hall–Kier alpha value is -2.81. The van der Waals surface area contributed by atoms with Crippen molar-refractivity contribution in [3.8, 4) is 11.5 Å². The van der Waals surface area contributed by atoms with Crippen LogP contribution < -0.4 is 4.74 Å². The van der Waals surface area contributed by atoms with Crippen LogP contribution in [0.4, 0.5) is 0 Å². The highest BCUT2D eigenvalue weighted by Crippen LogP contribution is 2.66. The van der Waals surface area contributed by atoms with Crippen LogP contribution in [0.15, 0.2) is 41.2 Å². The minimum atomic E-state index is -1.07. The summed E-state index contributed by atoms with van der Waals surface area (Å²) in [4.78, 5) is 17.2. The normalized spacial score (nSPS) is 35.4. The summed E-state index contributed by atoms with van der Waals surface area (Å²) in [5, 5.41) is 34.0. The number of likely N-dealkylation sites (N-methyl/N-ethyl adjacent to an activating group) is 1. The highest BCUT2D eigenvalue weighted by atomic mass is 16.5. The zero-order valence-corrected chi connectivity index (χ0v) is 20.4. The van der Waals surface area contributed by atoms with Crippen molar-refractivity contribution in [2.45, 2.75) is 73.3 Å². The number of furan rings is 1. The molecule has 5 atom stereocenters. The lowest BCUT2D eigenvalue weighted by Gasteiger charge is -2.64. The Morgan fingerprint density at radius 3 is 2.81 bits per heavy atom. The topological polar surface area (TPSA) is 107 Å². The Kier molecular flexibility index (Phi) is 4.58. The molecule has 36 heavy (non-hydrogen) atoms. The molecule has 8 nitrogen and oxygen atoms in total. The second kappa shape index (κ2) is 7.37. The number of piperidine rings is 1. The van der Waals surface area contributed by atoms with E-state index in [1.54, 1.807) is 42.7 Å². The van der Waals surface area contributed by atoms with Crippen molar-refractivity contribution in [1.29, 1.82) is 0 Å². The van der Waals surface area contributed by atoms with Crippen molar-refractivity contribution in [3.05, 3.63) is 53.5 Å². The third-order valence-corrected chi connectivity index (χ3v) is 9.67. The van der Waals surface area contributed by atoms with E-state index in [0.29, 0.717) is 38.0 Å². The number of ether oxygens (including phenoxy) is 1.